The summed E-state index contributed by atoms with van der Waals surface area (Å²) >= 11 is 1.62. The molecule has 1 aromatic heterocycles. The molecule has 0 N–H and O–H groups in total. The summed E-state index contributed by atoms with van der Waals surface area (Å²) < 4.78 is 0. The van der Waals surface area contributed by atoms with Gasteiger partial charge in [0.25, 0.3) is 0 Å². The van der Waals surface area contributed by atoms with Gasteiger partial charge < -0.3 is 9.80 Å². The number of anilines is 1. The maximum atomic E-state index is 12.2. The Morgan fingerprint density at radius 3 is 2.95 bits per heavy atom. The van der Waals surface area contributed by atoms with Crippen molar-refractivity contribution in [1.29, 1.82) is 0 Å². The molecule has 1 unspecified atom stereocenters. The van der Waals surface area contributed by atoms with Crippen LogP contribution in [-0.2, 0) is 4.79 Å². The zero-order chi connectivity index (χ0) is 13.6. The van der Waals surface area contributed by atoms with Gasteiger partial charge in [0, 0.05) is 37.5 Å². The van der Waals surface area contributed by atoms with Gasteiger partial charge >= 0.3 is 0 Å². The van der Waals surface area contributed by atoms with Crippen LogP contribution in [0.5, 0.6) is 0 Å². The lowest BCUT2D eigenvalue weighted by Crippen LogP contribution is -2.45. The molecular formula is C14H20N4OS. The van der Waals surface area contributed by atoms with Crippen LogP contribution in [0.1, 0.15) is 32.1 Å². The topological polar surface area (TPSA) is 49.3 Å². The number of rotatable bonds is 2. The maximum Gasteiger partial charge on any atom is 0.225 e. The lowest BCUT2D eigenvalue weighted by atomic mass is 9.79. The van der Waals surface area contributed by atoms with Crippen LogP contribution in [0.3, 0.4) is 0 Å². The van der Waals surface area contributed by atoms with Crippen molar-refractivity contribution in [2.24, 2.45) is 11.3 Å². The highest BCUT2D eigenvalue weighted by molar-refractivity contribution is 7.13. The van der Waals surface area contributed by atoms with Crippen LogP contribution in [0, 0.1) is 11.3 Å². The van der Waals surface area contributed by atoms with Gasteiger partial charge in [-0.3, -0.25) is 4.79 Å². The lowest BCUT2D eigenvalue weighted by Gasteiger charge is -2.40. The summed E-state index contributed by atoms with van der Waals surface area (Å²) in [5.41, 5.74) is 2.10. The quantitative estimate of drug-likeness (QED) is 0.833. The monoisotopic (exact) mass is 292 g/mol. The van der Waals surface area contributed by atoms with Crippen molar-refractivity contribution in [1.82, 2.24) is 15.1 Å². The Labute approximate surface area is 123 Å². The van der Waals surface area contributed by atoms with Crippen molar-refractivity contribution >= 4 is 22.4 Å². The number of hydrogen-bond acceptors (Lipinski definition) is 5. The Morgan fingerprint density at radius 2 is 2.20 bits per heavy atom. The van der Waals surface area contributed by atoms with Crippen molar-refractivity contribution in [3.63, 3.8) is 0 Å². The second-order valence-electron chi connectivity index (χ2n) is 6.53. The summed E-state index contributed by atoms with van der Waals surface area (Å²) in [6, 6.07) is 0. The van der Waals surface area contributed by atoms with E-state index in [4.69, 9.17) is 0 Å². The van der Waals surface area contributed by atoms with Crippen LogP contribution in [0.15, 0.2) is 5.51 Å². The molecule has 6 heteroatoms. The van der Waals surface area contributed by atoms with E-state index >= 15 is 0 Å². The Bertz CT molecular complexity index is 501. The number of likely N-dealkylation sites (tertiary alicyclic amines) is 1. The minimum absolute atomic E-state index is 0.300. The van der Waals surface area contributed by atoms with Gasteiger partial charge in [-0.2, -0.15) is 0 Å². The van der Waals surface area contributed by atoms with E-state index in [1.54, 1.807) is 16.8 Å². The summed E-state index contributed by atoms with van der Waals surface area (Å²) in [5.74, 6) is 0.767. The molecule has 2 saturated heterocycles. The number of aromatic nitrogens is 2. The predicted molar refractivity (Wildman–Crippen MR) is 77.7 cm³/mol. The molecule has 108 valence electrons. The number of carbonyl (C=O) groups is 1. The first-order chi connectivity index (χ1) is 9.76. The van der Waals surface area contributed by atoms with E-state index in [1.807, 2.05) is 0 Å². The number of amides is 1. The molecule has 3 heterocycles. The molecular weight excluding hydrogens is 272 g/mol. The summed E-state index contributed by atoms with van der Waals surface area (Å²) in [5, 5.41) is 9.19. The van der Waals surface area contributed by atoms with E-state index < -0.39 is 0 Å². The lowest BCUT2D eigenvalue weighted by molar-refractivity contribution is -0.131. The molecule has 1 spiro atoms. The first kappa shape index (κ1) is 12.6. The normalized spacial score (nSPS) is 30.2. The Morgan fingerprint density at radius 1 is 1.30 bits per heavy atom. The standard InChI is InChI=1S/C14H20N4OS/c19-12(11-2-3-11)17-7-5-14(8-17)4-1-6-18(9-14)13-16-15-10-20-13/h10-11H,1-9H2. The van der Waals surface area contributed by atoms with Gasteiger partial charge in [0.2, 0.25) is 11.0 Å². The first-order valence-electron chi connectivity index (χ1n) is 7.56. The fraction of sp³-hybridized carbons (Fsp3) is 0.786. The molecule has 4 rings (SSSR count). The molecule has 5 nitrogen and oxygen atoms in total. The fourth-order valence-corrected chi connectivity index (χ4v) is 4.31. The largest absolute Gasteiger partial charge is 0.346 e. The summed E-state index contributed by atoms with van der Waals surface area (Å²) in [7, 11) is 0. The molecule has 0 bridgehead atoms. The maximum absolute atomic E-state index is 12.2. The van der Waals surface area contributed by atoms with Gasteiger partial charge in [-0.25, -0.2) is 0 Å². The number of carbonyl (C=O) groups excluding carboxylic acids is 1. The van der Waals surface area contributed by atoms with Crippen LogP contribution >= 0.6 is 11.3 Å². The molecule has 1 aromatic rings. The minimum atomic E-state index is 0.300. The summed E-state index contributed by atoms with van der Waals surface area (Å²) in [6.07, 6.45) is 5.82. The molecule has 3 fully saturated rings. The van der Waals surface area contributed by atoms with Crippen molar-refractivity contribution < 1.29 is 4.79 Å². The highest BCUT2D eigenvalue weighted by atomic mass is 32.1. The van der Waals surface area contributed by atoms with Gasteiger partial charge in [0.05, 0.1) is 0 Å². The van der Waals surface area contributed by atoms with E-state index in [0.29, 0.717) is 17.2 Å². The van der Waals surface area contributed by atoms with Gasteiger partial charge in [-0.05, 0) is 32.1 Å². The molecule has 20 heavy (non-hydrogen) atoms. The number of nitrogens with zero attached hydrogens (tertiary/aromatic N) is 4. The highest BCUT2D eigenvalue weighted by Crippen LogP contribution is 2.42. The van der Waals surface area contributed by atoms with Crippen LogP contribution in [0.2, 0.25) is 0 Å². The van der Waals surface area contributed by atoms with E-state index in [2.05, 4.69) is 20.0 Å². The third-order valence-corrected chi connectivity index (χ3v) is 5.71. The van der Waals surface area contributed by atoms with Gasteiger partial charge in [0.15, 0.2) is 0 Å². The predicted octanol–water partition coefficient (Wildman–Crippen LogP) is 1.77. The molecule has 1 amide bonds. The first-order valence-corrected chi connectivity index (χ1v) is 8.44. The van der Waals surface area contributed by atoms with Crippen LogP contribution in [0.4, 0.5) is 5.13 Å². The minimum Gasteiger partial charge on any atom is -0.346 e. The Hall–Kier alpha value is -1.17. The highest BCUT2D eigenvalue weighted by Gasteiger charge is 2.45. The van der Waals surface area contributed by atoms with Crippen molar-refractivity contribution in [2.45, 2.75) is 32.1 Å². The van der Waals surface area contributed by atoms with Gasteiger partial charge in [-0.1, -0.05) is 11.3 Å². The van der Waals surface area contributed by atoms with Crippen molar-refractivity contribution in [2.75, 3.05) is 31.1 Å². The molecule has 3 aliphatic rings. The molecule has 1 aliphatic carbocycles. The van der Waals surface area contributed by atoms with Crippen LogP contribution in [0.25, 0.3) is 0 Å². The molecule has 0 radical (unpaired) electrons. The van der Waals surface area contributed by atoms with Gasteiger partial charge in [0.1, 0.15) is 5.51 Å². The average Bonchev–Trinajstić information content (AvgIpc) is 3.01. The average molecular weight is 292 g/mol. The van der Waals surface area contributed by atoms with E-state index in [-0.39, 0.29) is 0 Å². The Balaban J connectivity index is 1.46. The Kier molecular flexibility index (Phi) is 2.94. The van der Waals surface area contributed by atoms with E-state index in [0.717, 1.165) is 50.6 Å². The van der Waals surface area contributed by atoms with E-state index in [9.17, 15) is 4.79 Å². The third-order valence-electron chi connectivity index (χ3n) is 4.96. The van der Waals surface area contributed by atoms with E-state index in [1.165, 1.54) is 12.8 Å². The molecule has 1 atom stereocenters. The van der Waals surface area contributed by atoms with Gasteiger partial charge in [-0.15, -0.1) is 10.2 Å². The zero-order valence-corrected chi connectivity index (χ0v) is 12.4. The molecule has 2 aliphatic heterocycles. The van der Waals surface area contributed by atoms with Crippen LogP contribution in [-0.4, -0.2) is 47.2 Å². The number of hydrogen-bond donors (Lipinski definition) is 0. The number of piperidine rings is 1. The second kappa shape index (κ2) is 4.69. The van der Waals surface area contributed by atoms with Crippen molar-refractivity contribution in [3.8, 4) is 0 Å². The fourth-order valence-electron chi connectivity index (χ4n) is 3.72. The molecule has 0 aromatic carbocycles. The third kappa shape index (κ3) is 2.20. The van der Waals surface area contributed by atoms with Crippen molar-refractivity contribution in [3.05, 3.63) is 5.51 Å². The van der Waals surface area contributed by atoms with Crippen LogP contribution < -0.4 is 4.90 Å². The smallest absolute Gasteiger partial charge is 0.225 e. The second-order valence-corrected chi connectivity index (χ2v) is 7.34. The summed E-state index contributed by atoms with van der Waals surface area (Å²) in [6.45, 7) is 4.03. The SMILES string of the molecule is O=C(C1CC1)N1CCC2(CCCN(c3nncs3)C2)C1. The summed E-state index contributed by atoms with van der Waals surface area (Å²) in [4.78, 5) is 16.7. The molecule has 1 saturated carbocycles. The zero-order valence-electron chi connectivity index (χ0n) is 11.6.